The molecule has 128 valence electrons. The van der Waals surface area contributed by atoms with E-state index in [-0.39, 0.29) is 5.91 Å². The normalized spacial score (nSPS) is 11.9. The molecule has 0 heterocycles. The minimum Gasteiger partial charge on any atom is -0.480 e. The van der Waals surface area contributed by atoms with Crippen LogP contribution in [0, 0.1) is 13.8 Å². The van der Waals surface area contributed by atoms with Crippen molar-refractivity contribution in [3.63, 3.8) is 0 Å². The molecule has 2 rings (SSSR count). The zero-order valence-electron chi connectivity index (χ0n) is 13.6. The predicted molar refractivity (Wildman–Crippen MR) is 101 cm³/mol. The third-order valence-electron chi connectivity index (χ3n) is 3.76. The lowest BCUT2D eigenvalue weighted by Crippen LogP contribution is -2.32. The molecule has 0 aliphatic carbocycles. The van der Waals surface area contributed by atoms with Crippen molar-refractivity contribution in [1.82, 2.24) is 0 Å². The van der Waals surface area contributed by atoms with Gasteiger partial charge in [-0.15, -0.1) is 0 Å². The zero-order valence-corrected chi connectivity index (χ0v) is 15.9. The highest BCUT2D eigenvalue weighted by Gasteiger charge is 2.21. The molecule has 0 saturated carbocycles. The van der Waals surface area contributed by atoms with Crippen molar-refractivity contribution in [1.29, 1.82) is 0 Å². The van der Waals surface area contributed by atoms with E-state index in [4.69, 9.17) is 39.5 Å². The van der Waals surface area contributed by atoms with Gasteiger partial charge in [-0.25, -0.2) is 0 Å². The van der Waals surface area contributed by atoms with E-state index in [0.29, 0.717) is 32.9 Å². The van der Waals surface area contributed by atoms with Crippen LogP contribution >= 0.6 is 34.8 Å². The van der Waals surface area contributed by atoms with Gasteiger partial charge in [-0.05, 0) is 49.6 Å². The van der Waals surface area contributed by atoms with Crippen molar-refractivity contribution in [3.05, 3.63) is 56.5 Å². The number of rotatable bonds is 5. The first-order valence-corrected chi connectivity index (χ1v) is 8.65. The second-order valence-electron chi connectivity index (χ2n) is 5.45. The number of benzene rings is 2. The maximum atomic E-state index is 12.5. The fourth-order valence-electron chi connectivity index (χ4n) is 2.16. The summed E-state index contributed by atoms with van der Waals surface area (Å²) in [6.07, 6.45) is -0.131. The van der Waals surface area contributed by atoms with E-state index in [2.05, 4.69) is 5.32 Å². The summed E-state index contributed by atoms with van der Waals surface area (Å²) in [6.45, 7) is 5.84. The molecule has 0 aliphatic heterocycles. The first-order chi connectivity index (χ1) is 11.3. The first-order valence-electron chi connectivity index (χ1n) is 7.51. The number of halogens is 3. The van der Waals surface area contributed by atoms with Gasteiger partial charge < -0.3 is 10.1 Å². The molecule has 0 unspecified atom stereocenters. The maximum Gasteiger partial charge on any atom is 0.265 e. The summed E-state index contributed by atoms with van der Waals surface area (Å²) in [5.74, 6) is 0.399. The molecule has 6 heteroatoms. The number of hydrogen-bond donors (Lipinski definition) is 1. The van der Waals surface area contributed by atoms with E-state index in [1.54, 1.807) is 0 Å². The molecule has 0 aromatic heterocycles. The Morgan fingerprint density at radius 1 is 1.12 bits per heavy atom. The molecular weight excluding hydrogens is 369 g/mol. The topological polar surface area (TPSA) is 38.3 Å². The lowest BCUT2D eigenvalue weighted by molar-refractivity contribution is -0.122. The summed E-state index contributed by atoms with van der Waals surface area (Å²) >= 11 is 18.0. The molecule has 2 aromatic rings. The van der Waals surface area contributed by atoms with Crippen LogP contribution in [0.2, 0.25) is 15.1 Å². The molecule has 0 radical (unpaired) electrons. The Morgan fingerprint density at radius 2 is 1.79 bits per heavy atom. The highest BCUT2D eigenvalue weighted by Crippen LogP contribution is 2.32. The third-order valence-corrected chi connectivity index (χ3v) is 4.79. The highest BCUT2D eigenvalue weighted by molar-refractivity contribution is 6.44. The molecule has 1 amide bonds. The van der Waals surface area contributed by atoms with Crippen molar-refractivity contribution < 1.29 is 9.53 Å². The van der Waals surface area contributed by atoms with Crippen LogP contribution in [-0.2, 0) is 4.79 Å². The van der Waals surface area contributed by atoms with Gasteiger partial charge in [0.15, 0.2) is 6.10 Å². The van der Waals surface area contributed by atoms with E-state index in [0.717, 1.165) is 11.1 Å². The number of nitrogens with one attached hydrogen (secondary N) is 1. The van der Waals surface area contributed by atoms with Gasteiger partial charge in [-0.1, -0.05) is 53.9 Å². The predicted octanol–water partition coefficient (Wildman–Crippen LogP) is 6.06. The van der Waals surface area contributed by atoms with Gasteiger partial charge in [0.25, 0.3) is 5.91 Å². The summed E-state index contributed by atoms with van der Waals surface area (Å²) in [5.41, 5.74) is 2.52. The van der Waals surface area contributed by atoms with Crippen LogP contribution in [0.15, 0.2) is 30.3 Å². The smallest absolute Gasteiger partial charge is 0.265 e. The van der Waals surface area contributed by atoms with E-state index in [1.807, 2.05) is 39.0 Å². The largest absolute Gasteiger partial charge is 0.480 e. The summed E-state index contributed by atoms with van der Waals surface area (Å²) in [4.78, 5) is 12.5. The van der Waals surface area contributed by atoms with Crippen molar-refractivity contribution in [3.8, 4) is 5.75 Å². The molecule has 0 aliphatic rings. The minimum atomic E-state index is -0.643. The summed E-state index contributed by atoms with van der Waals surface area (Å²) in [5, 5.41) is 3.71. The molecule has 0 fully saturated rings. The van der Waals surface area contributed by atoms with Gasteiger partial charge in [0, 0.05) is 0 Å². The SMILES string of the molecule is CC[C@H](Oc1cccc(C)c1C)C(=O)Nc1cc(Cl)c(Cl)cc1Cl. The lowest BCUT2D eigenvalue weighted by Gasteiger charge is -2.20. The minimum absolute atomic E-state index is 0.293. The molecule has 3 nitrogen and oxygen atoms in total. The average molecular weight is 387 g/mol. The molecule has 2 aromatic carbocycles. The Kier molecular flexibility index (Phi) is 6.39. The van der Waals surface area contributed by atoms with Crippen molar-refractivity contribution >= 4 is 46.4 Å². The number of carbonyl (C=O) groups excluding carboxylic acids is 1. The van der Waals surface area contributed by atoms with Crippen LogP contribution < -0.4 is 10.1 Å². The van der Waals surface area contributed by atoms with Gasteiger partial charge in [0.2, 0.25) is 0 Å². The van der Waals surface area contributed by atoms with Gasteiger partial charge in [0.05, 0.1) is 20.8 Å². The Morgan fingerprint density at radius 3 is 2.46 bits per heavy atom. The monoisotopic (exact) mass is 385 g/mol. The summed E-state index contributed by atoms with van der Waals surface area (Å²) < 4.78 is 5.89. The number of aryl methyl sites for hydroxylation is 1. The fourth-order valence-corrected chi connectivity index (χ4v) is 2.75. The molecule has 24 heavy (non-hydrogen) atoms. The number of amides is 1. The molecule has 0 spiro atoms. The summed E-state index contributed by atoms with van der Waals surface area (Å²) in [7, 11) is 0. The zero-order chi connectivity index (χ0) is 17.9. The van der Waals surface area contributed by atoms with Gasteiger partial charge in [-0.2, -0.15) is 0 Å². The van der Waals surface area contributed by atoms with Gasteiger partial charge in [-0.3, -0.25) is 4.79 Å². The maximum absolute atomic E-state index is 12.5. The standard InChI is InChI=1S/C18H18Cl3NO2/c1-4-16(24-17-7-5-6-10(2)11(17)3)18(23)22-15-9-13(20)12(19)8-14(15)21/h5-9,16H,4H2,1-3H3,(H,22,23)/t16-/m0/s1. The van der Waals surface area contributed by atoms with Crippen molar-refractivity contribution in [2.75, 3.05) is 5.32 Å². The van der Waals surface area contributed by atoms with Gasteiger partial charge >= 0.3 is 0 Å². The van der Waals surface area contributed by atoms with E-state index in [1.165, 1.54) is 12.1 Å². The second-order valence-corrected chi connectivity index (χ2v) is 6.67. The number of ether oxygens (including phenoxy) is 1. The quantitative estimate of drug-likeness (QED) is 0.634. The van der Waals surface area contributed by atoms with E-state index < -0.39 is 6.10 Å². The number of carbonyl (C=O) groups is 1. The first kappa shape index (κ1) is 18.9. The van der Waals surface area contributed by atoms with Crippen LogP contribution in [0.5, 0.6) is 5.75 Å². The van der Waals surface area contributed by atoms with Crippen molar-refractivity contribution in [2.24, 2.45) is 0 Å². The van der Waals surface area contributed by atoms with Crippen LogP contribution in [0.25, 0.3) is 0 Å². The average Bonchev–Trinajstić information content (AvgIpc) is 2.53. The Balaban J connectivity index is 2.17. The molecule has 1 N–H and O–H groups in total. The Hall–Kier alpha value is -1.42. The molecule has 1 atom stereocenters. The van der Waals surface area contributed by atoms with Crippen molar-refractivity contribution in [2.45, 2.75) is 33.3 Å². The number of hydrogen-bond acceptors (Lipinski definition) is 2. The summed E-state index contributed by atoms with van der Waals surface area (Å²) in [6, 6.07) is 8.77. The second kappa shape index (κ2) is 8.11. The van der Waals surface area contributed by atoms with E-state index in [9.17, 15) is 4.79 Å². The molecule has 0 saturated heterocycles. The van der Waals surface area contributed by atoms with Crippen LogP contribution in [0.1, 0.15) is 24.5 Å². The molecular formula is C18H18Cl3NO2. The number of anilines is 1. The van der Waals surface area contributed by atoms with Crippen LogP contribution in [0.4, 0.5) is 5.69 Å². The molecule has 0 bridgehead atoms. The Bertz CT molecular complexity index is 762. The van der Waals surface area contributed by atoms with Crippen LogP contribution in [0.3, 0.4) is 0 Å². The fraction of sp³-hybridized carbons (Fsp3) is 0.278. The lowest BCUT2D eigenvalue weighted by atomic mass is 10.1. The van der Waals surface area contributed by atoms with Gasteiger partial charge in [0.1, 0.15) is 5.75 Å². The van der Waals surface area contributed by atoms with Crippen LogP contribution in [-0.4, -0.2) is 12.0 Å². The highest BCUT2D eigenvalue weighted by atomic mass is 35.5. The Labute approximate surface area is 156 Å². The van der Waals surface area contributed by atoms with E-state index >= 15 is 0 Å². The third kappa shape index (κ3) is 4.35.